The molecule has 1 aromatic heterocycles. The van der Waals surface area contributed by atoms with Crippen LogP contribution in [0.25, 0.3) is 0 Å². The molecule has 0 saturated carbocycles. The number of nitrogens with one attached hydrogen (secondary N) is 3. The van der Waals surface area contributed by atoms with Gasteiger partial charge in [-0.15, -0.1) is 0 Å². The molecule has 0 bridgehead atoms. The average Bonchev–Trinajstić information content (AvgIpc) is 2.55. The van der Waals surface area contributed by atoms with Crippen LogP contribution in [0.1, 0.15) is 5.56 Å². The lowest BCUT2D eigenvalue weighted by Gasteiger charge is -2.18. The maximum Gasteiger partial charge on any atom is 0.224 e. The lowest BCUT2D eigenvalue weighted by Crippen LogP contribution is -2.20. The van der Waals surface area contributed by atoms with Crippen molar-refractivity contribution in [3.05, 3.63) is 39.5 Å². The van der Waals surface area contributed by atoms with E-state index in [1.54, 1.807) is 13.1 Å². The third-order valence-electron chi connectivity index (χ3n) is 3.27. The van der Waals surface area contributed by atoms with Crippen molar-refractivity contribution >= 4 is 63.4 Å². The van der Waals surface area contributed by atoms with E-state index in [4.69, 9.17) is 17.0 Å². The van der Waals surface area contributed by atoms with Gasteiger partial charge in [0.15, 0.2) is 0 Å². The summed E-state index contributed by atoms with van der Waals surface area (Å²) in [6.45, 7) is 2.92. The summed E-state index contributed by atoms with van der Waals surface area (Å²) in [7, 11) is -1.49. The number of hydrogen-bond donors (Lipinski definition) is 3. The van der Waals surface area contributed by atoms with Crippen molar-refractivity contribution in [2.24, 2.45) is 5.10 Å². The zero-order valence-corrected chi connectivity index (χ0v) is 17.4. The summed E-state index contributed by atoms with van der Waals surface area (Å²) >= 11 is 9.09. The minimum Gasteiger partial charge on any atom is -0.338 e. The molecule has 0 aliphatic rings. The van der Waals surface area contributed by atoms with Gasteiger partial charge in [0.25, 0.3) is 0 Å². The summed E-state index contributed by atoms with van der Waals surface area (Å²) in [6.07, 6.45) is 2.37. The third-order valence-corrected chi connectivity index (χ3v) is 5.54. The third kappa shape index (κ3) is 4.47. The van der Waals surface area contributed by atoms with Crippen LogP contribution in [0.5, 0.6) is 0 Å². The predicted molar refractivity (Wildman–Crippen MR) is 108 cm³/mol. The molecule has 0 spiro atoms. The van der Waals surface area contributed by atoms with Crippen molar-refractivity contribution in [2.45, 2.75) is 0 Å². The molecule has 1 heterocycles. The molecule has 0 fully saturated rings. The van der Waals surface area contributed by atoms with E-state index >= 15 is 4.39 Å². The van der Waals surface area contributed by atoms with Gasteiger partial charge < -0.3 is 20.7 Å². The van der Waals surface area contributed by atoms with Gasteiger partial charge in [0.1, 0.15) is 24.5 Å². The highest BCUT2D eigenvalue weighted by atomic mass is 79.9. The van der Waals surface area contributed by atoms with Crippen LogP contribution in [-0.4, -0.2) is 42.3 Å². The van der Waals surface area contributed by atoms with E-state index in [0.717, 1.165) is 6.21 Å². The normalized spacial score (nSPS) is 12.0. The fraction of sp³-hybridized carbons (Fsp3) is 0.200. The Labute approximate surface area is 163 Å². The minimum absolute atomic E-state index is 0.00212. The molecule has 0 amide bonds. The lowest BCUT2D eigenvalue weighted by atomic mass is 10.1. The van der Waals surface area contributed by atoms with Gasteiger partial charge in [-0.2, -0.15) is 10.1 Å². The number of anilines is 2. The second-order valence-corrected chi connectivity index (χ2v) is 9.84. The van der Waals surface area contributed by atoms with Crippen LogP contribution in [0.2, 0.25) is 5.28 Å². The molecule has 0 unspecified atom stereocenters. The highest BCUT2D eigenvalue weighted by Crippen LogP contribution is 2.40. The first-order chi connectivity index (χ1) is 12.2. The molecule has 0 atom stereocenters. The van der Waals surface area contributed by atoms with E-state index in [1.807, 2.05) is 0 Å². The van der Waals surface area contributed by atoms with E-state index in [9.17, 15) is 4.57 Å². The Morgan fingerprint density at radius 2 is 2.15 bits per heavy atom. The Morgan fingerprint density at radius 1 is 1.46 bits per heavy atom. The number of hydrogen-bond acceptors (Lipinski definition) is 7. The van der Waals surface area contributed by atoms with Crippen molar-refractivity contribution in [1.29, 1.82) is 5.41 Å². The molecule has 2 aromatic rings. The molecule has 7 nitrogen and oxygen atoms in total. The molecular formula is C15H16BrClFN6OP. The number of aromatic nitrogens is 2. The number of hydrazone groups is 1. The second-order valence-electron chi connectivity index (χ2n) is 5.50. The number of nitrogens with zero attached hydrogens (tertiary/aromatic N) is 3. The Kier molecular flexibility index (Phi) is 6.49. The Bertz CT molecular complexity index is 933. The Morgan fingerprint density at radius 3 is 2.73 bits per heavy atom. The second kappa shape index (κ2) is 8.24. The summed E-state index contributed by atoms with van der Waals surface area (Å²) in [5, 5.41) is 14.2. The van der Waals surface area contributed by atoms with Gasteiger partial charge in [-0.3, -0.25) is 0 Å². The molecule has 0 saturated heterocycles. The van der Waals surface area contributed by atoms with Crippen molar-refractivity contribution in [3.63, 3.8) is 0 Å². The van der Waals surface area contributed by atoms with Crippen molar-refractivity contribution in [3.8, 4) is 0 Å². The van der Waals surface area contributed by atoms with Crippen LogP contribution in [0.15, 0.2) is 27.9 Å². The minimum atomic E-state index is -3.03. The molecular weight excluding hydrogens is 446 g/mol. The van der Waals surface area contributed by atoms with E-state index in [-0.39, 0.29) is 27.6 Å². The van der Waals surface area contributed by atoms with Gasteiger partial charge in [-0.25, -0.2) is 9.37 Å². The molecule has 11 heteroatoms. The highest BCUT2D eigenvalue weighted by molar-refractivity contribution is 9.10. The van der Waals surface area contributed by atoms with E-state index in [2.05, 4.69) is 41.7 Å². The van der Waals surface area contributed by atoms with Gasteiger partial charge in [0, 0.05) is 25.0 Å². The summed E-state index contributed by atoms with van der Waals surface area (Å²) in [5.41, 5.74) is 2.95. The van der Waals surface area contributed by atoms with E-state index in [0.29, 0.717) is 10.3 Å². The molecule has 1 aromatic carbocycles. The number of rotatable bonds is 6. The number of benzene rings is 1. The molecule has 0 aliphatic carbocycles. The zero-order chi connectivity index (χ0) is 19.5. The van der Waals surface area contributed by atoms with Crippen molar-refractivity contribution in [2.75, 3.05) is 25.7 Å². The van der Waals surface area contributed by atoms with Gasteiger partial charge in [0.05, 0.1) is 15.5 Å². The van der Waals surface area contributed by atoms with Crippen LogP contribution >= 0.6 is 34.7 Å². The van der Waals surface area contributed by atoms with Gasteiger partial charge in [0.2, 0.25) is 5.28 Å². The molecule has 3 N–H and O–H groups in total. The van der Waals surface area contributed by atoms with Gasteiger partial charge in [-0.1, -0.05) is 0 Å². The first-order valence-corrected chi connectivity index (χ1v) is 11.0. The van der Waals surface area contributed by atoms with Gasteiger partial charge in [-0.05, 0) is 53.0 Å². The monoisotopic (exact) mass is 460 g/mol. The molecule has 2 rings (SSSR count). The van der Waals surface area contributed by atoms with Crippen molar-refractivity contribution < 1.29 is 8.96 Å². The van der Waals surface area contributed by atoms with E-state index < -0.39 is 13.0 Å². The average molecular weight is 462 g/mol. The topological polar surface area (TPSA) is 103 Å². The maximum atomic E-state index is 15.2. The fourth-order valence-corrected chi connectivity index (χ4v) is 3.97. The van der Waals surface area contributed by atoms with Gasteiger partial charge >= 0.3 is 0 Å². The molecule has 26 heavy (non-hydrogen) atoms. The first kappa shape index (κ1) is 20.5. The Balaban J connectivity index is 2.66. The zero-order valence-electron chi connectivity index (χ0n) is 14.1. The lowest BCUT2D eigenvalue weighted by molar-refractivity contribution is 0.584. The van der Waals surface area contributed by atoms with Crippen molar-refractivity contribution in [1.82, 2.24) is 15.4 Å². The molecule has 0 aliphatic heterocycles. The first-order valence-electron chi connectivity index (χ1n) is 7.27. The highest BCUT2D eigenvalue weighted by Gasteiger charge is 2.26. The summed E-state index contributed by atoms with van der Waals surface area (Å²) in [4.78, 5) is 7.87. The SMILES string of the molecule is CN/N=C(\C=N)c1ccc(Nc2nc(Cl)ncc2Br)c(P(C)(C)=O)c1F. The smallest absolute Gasteiger partial charge is 0.224 e. The summed E-state index contributed by atoms with van der Waals surface area (Å²) in [6, 6.07) is 3.01. The fourth-order valence-electron chi connectivity index (χ4n) is 2.24. The summed E-state index contributed by atoms with van der Waals surface area (Å²) < 4.78 is 28.4. The van der Waals surface area contributed by atoms with Crippen LogP contribution < -0.4 is 16.0 Å². The van der Waals surface area contributed by atoms with Crippen LogP contribution in [0, 0.1) is 11.2 Å². The largest absolute Gasteiger partial charge is 0.338 e. The molecule has 138 valence electrons. The maximum absolute atomic E-state index is 15.2. The van der Waals surface area contributed by atoms with Crippen LogP contribution in [0.4, 0.5) is 15.9 Å². The molecule has 0 radical (unpaired) electrons. The van der Waals surface area contributed by atoms with Crippen LogP contribution in [-0.2, 0) is 4.57 Å². The van der Waals surface area contributed by atoms with E-state index in [1.165, 1.54) is 25.6 Å². The quantitative estimate of drug-likeness (QED) is 0.264. The standard InChI is InChI=1S/C15H16BrClFN6OP/c1-20-24-11(6-19)8-4-5-10(13(12(8)18)26(2,3)25)22-14-9(16)7-21-15(17)23-14/h4-7,19-20H,1-3H3,(H,21,22,23)/b19-6?,24-11+. The Hall–Kier alpha value is -1.83. The summed E-state index contributed by atoms with van der Waals surface area (Å²) in [5.74, 6) is -0.403. The number of halogens is 3. The predicted octanol–water partition coefficient (Wildman–Crippen LogP) is 3.60. The van der Waals surface area contributed by atoms with Crippen LogP contribution in [0.3, 0.4) is 0 Å².